The van der Waals surface area contributed by atoms with Gasteiger partial charge in [0.05, 0.1) is 6.61 Å². The molecule has 19 heavy (non-hydrogen) atoms. The summed E-state index contributed by atoms with van der Waals surface area (Å²) in [6.45, 7) is 8.47. The van der Waals surface area contributed by atoms with Gasteiger partial charge in [0.15, 0.2) is 0 Å². The molecular formula is C16H24FNO. The van der Waals surface area contributed by atoms with Crippen molar-refractivity contribution in [2.24, 2.45) is 5.92 Å². The molecule has 0 aliphatic carbocycles. The Balaban J connectivity index is 2.79. The minimum atomic E-state index is -0.166. The Kier molecular flexibility index (Phi) is 6.74. The SMILES string of the molecule is COCCNC/C(=C/c1cc(C)ccc1F)C(C)C. The Bertz CT molecular complexity index is 427. The first-order valence-electron chi connectivity index (χ1n) is 6.71. The fraction of sp³-hybridized carbons (Fsp3) is 0.500. The van der Waals surface area contributed by atoms with E-state index in [0.717, 1.165) is 18.7 Å². The number of halogens is 1. The summed E-state index contributed by atoms with van der Waals surface area (Å²) in [5.41, 5.74) is 2.93. The van der Waals surface area contributed by atoms with E-state index in [4.69, 9.17) is 4.74 Å². The number of methoxy groups -OCH3 is 1. The summed E-state index contributed by atoms with van der Waals surface area (Å²) in [5, 5.41) is 3.31. The van der Waals surface area contributed by atoms with Crippen molar-refractivity contribution in [3.05, 3.63) is 40.7 Å². The normalized spacial score (nSPS) is 12.2. The summed E-state index contributed by atoms with van der Waals surface area (Å²) in [7, 11) is 1.68. The molecule has 1 rings (SSSR count). The molecule has 106 valence electrons. The van der Waals surface area contributed by atoms with Crippen LogP contribution in [0.5, 0.6) is 0 Å². The number of nitrogens with one attached hydrogen (secondary N) is 1. The molecule has 0 bridgehead atoms. The summed E-state index contributed by atoms with van der Waals surface area (Å²) in [6.07, 6.45) is 1.95. The van der Waals surface area contributed by atoms with Crippen LogP contribution in [-0.4, -0.2) is 26.8 Å². The molecule has 1 aromatic carbocycles. The molecular weight excluding hydrogens is 241 g/mol. The number of ether oxygens (including phenoxy) is 1. The van der Waals surface area contributed by atoms with Crippen LogP contribution in [0.2, 0.25) is 0 Å². The topological polar surface area (TPSA) is 21.3 Å². The zero-order valence-electron chi connectivity index (χ0n) is 12.3. The maximum absolute atomic E-state index is 13.8. The third-order valence-corrected chi connectivity index (χ3v) is 3.05. The molecule has 0 aliphatic rings. The summed E-state index contributed by atoms with van der Waals surface area (Å²) in [4.78, 5) is 0. The van der Waals surface area contributed by atoms with E-state index >= 15 is 0 Å². The first kappa shape index (κ1) is 15.9. The van der Waals surface area contributed by atoms with Crippen molar-refractivity contribution in [3.63, 3.8) is 0 Å². The van der Waals surface area contributed by atoms with Gasteiger partial charge in [-0.25, -0.2) is 4.39 Å². The average molecular weight is 265 g/mol. The molecule has 1 aromatic rings. The molecule has 3 heteroatoms. The highest BCUT2D eigenvalue weighted by Crippen LogP contribution is 2.17. The van der Waals surface area contributed by atoms with Crippen molar-refractivity contribution in [2.45, 2.75) is 20.8 Å². The predicted octanol–water partition coefficient (Wildman–Crippen LogP) is 3.41. The molecule has 0 atom stereocenters. The van der Waals surface area contributed by atoms with Crippen LogP contribution in [0.3, 0.4) is 0 Å². The minimum absolute atomic E-state index is 0.166. The van der Waals surface area contributed by atoms with E-state index in [-0.39, 0.29) is 5.82 Å². The molecule has 0 fully saturated rings. The Morgan fingerprint density at radius 2 is 2.16 bits per heavy atom. The lowest BCUT2D eigenvalue weighted by molar-refractivity contribution is 0.200. The second kappa shape index (κ2) is 8.08. The van der Waals surface area contributed by atoms with Crippen LogP contribution in [0.1, 0.15) is 25.0 Å². The van der Waals surface area contributed by atoms with Crippen molar-refractivity contribution < 1.29 is 9.13 Å². The van der Waals surface area contributed by atoms with E-state index in [1.807, 2.05) is 19.1 Å². The second-order valence-corrected chi connectivity index (χ2v) is 5.07. The summed E-state index contributed by atoms with van der Waals surface area (Å²) >= 11 is 0. The molecule has 0 unspecified atom stereocenters. The van der Waals surface area contributed by atoms with Crippen LogP contribution in [-0.2, 0) is 4.74 Å². The van der Waals surface area contributed by atoms with Gasteiger partial charge in [-0.2, -0.15) is 0 Å². The Morgan fingerprint density at radius 3 is 2.79 bits per heavy atom. The highest BCUT2D eigenvalue weighted by Gasteiger charge is 2.06. The Labute approximate surface area is 115 Å². The number of hydrogen-bond acceptors (Lipinski definition) is 2. The van der Waals surface area contributed by atoms with Crippen LogP contribution in [0.4, 0.5) is 4.39 Å². The van der Waals surface area contributed by atoms with Gasteiger partial charge < -0.3 is 10.1 Å². The molecule has 0 amide bonds. The first-order chi connectivity index (χ1) is 9.04. The lowest BCUT2D eigenvalue weighted by Crippen LogP contribution is -2.23. The third kappa shape index (κ3) is 5.53. The minimum Gasteiger partial charge on any atom is -0.383 e. The van der Waals surface area contributed by atoms with Gasteiger partial charge in [0, 0.05) is 25.8 Å². The monoisotopic (exact) mass is 265 g/mol. The summed E-state index contributed by atoms with van der Waals surface area (Å²) < 4.78 is 18.7. The van der Waals surface area contributed by atoms with Crippen LogP contribution >= 0.6 is 0 Å². The predicted molar refractivity (Wildman–Crippen MR) is 78.7 cm³/mol. The van der Waals surface area contributed by atoms with Crippen molar-refractivity contribution in [2.75, 3.05) is 26.8 Å². The Morgan fingerprint density at radius 1 is 1.42 bits per heavy atom. The number of aryl methyl sites for hydroxylation is 1. The van der Waals surface area contributed by atoms with E-state index < -0.39 is 0 Å². The van der Waals surface area contributed by atoms with Crippen LogP contribution in [0.15, 0.2) is 23.8 Å². The third-order valence-electron chi connectivity index (χ3n) is 3.05. The molecule has 0 aliphatic heterocycles. The summed E-state index contributed by atoms with van der Waals surface area (Å²) in [5.74, 6) is 0.218. The highest BCUT2D eigenvalue weighted by atomic mass is 19.1. The number of rotatable bonds is 7. The second-order valence-electron chi connectivity index (χ2n) is 5.07. The largest absolute Gasteiger partial charge is 0.383 e. The van der Waals surface area contributed by atoms with E-state index in [1.165, 1.54) is 11.6 Å². The van der Waals surface area contributed by atoms with Gasteiger partial charge in [-0.05, 0) is 25.0 Å². The van der Waals surface area contributed by atoms with Crippen molar-refractivity contribution in [3.8, 4) is 0 Å². The zero-order valence-corrected chi connectivity index (χ0v) is 12.3. The molecule has 0 radical (unpaired) electrons. The van der Waals surface area contributed by atoms with Gasteiger partial charge >= 0.3 is 0 Å². The fourth-order valence-electron chi connectivity index (χ4n) is 1.80. The molecule has 0 spiro atoms. The molecule has 0 saturated carbocycles. The quantitative estimate of drug-likeness (QED) is 0.763. The van der Waals surface area contributed by atoms with E-state index in [9.17, 15) is 4.39 Å². The van der Waals surface area contributed by atoms with E-state index in [2.05, 4.69) is 19.2 Å². The van der Waals surface area contributed by atoms with Crippen LogP contribution in [0, 0.1) is 18.7 Å². The van der Waals surface area contributed by atoms with Gasteiger partial charge in [0.25, 0.3) is 0 Å². The van der Waals surface area contributed by atoms with E-state index in [0.29, 0.717) is 18.1 Å². The van der Waals surface area contributed by atoms with Crippen molar-refractivity contribution in [1.29, 1.82) is 0 Å². The molecule has 0 saturated heterocycles. The van der Waals surface area contributed by atoms with Crippen molar-refractivity contribution in [1.82, 2.24) is 5.32 Å². The van der Waals surface area contributed by atoms with Crippen LogP contribution < -0.4 is 5.32 Å². The molecule has 0 heterocycles. The lowest BCUT2D eigenvalue weighted by atomic mass is 9.99. The maximum Gasteiger partial charge on any atom is 0.130 e. The number of hydrogen-bond donors (Lipinski definition) is 1. The molecule has 1 N–H and O–H groups in total. The number of benzene rings is 1. The van der Waals surface area contributed by atoms with Gasteiger partial charge in [0.1, 0.15) is 5.82 Å². The fourth-order valence-corrected chi connectivity index (χ4v) is 1.80. The van der Waals surface area contributed by atoms with Gasteiger partial charge in [-0.1, -0.05) is 37.1 Å². The zero-order chi connectivity index (χ0) is 14.3. The summed E-state index contributed by atoms with van der Waals surface area (Å²) in [6, 6.07) is 5.20. The van der Waals surface area contributed by atoms with Crippen LogP contribution in [0.25, 0.3) is 6.08 Å². The Hall–Kier alpha value is -1.19. The first-order valence-corrected chi connectivity index (χ1v) is 6.71. The maximum atomic E-state index is 13.8. The lowest BCUT2D eigenvalue weighted by Gasteiger charge is -2.13. The standard InChI is InChI=1S/C16H24FNO/c1-12(2)15(11-18-7-8-19-4)10-14-9-13(3)5-6-16(14)17/h5-6,9-10,12,18H,7-8,11H2,1-4H3/b15-10-. The smallest absolute Gasteiger partial charge is 0.130 e. The highest BCUT2D eigenvalue weighted by molar-refractivity contribution is 5.55. The van der Waals surface area contributed by atoms with Crippen molar-refractivity contribution >= 4 is 6.08 Å². The van der Waals surface area contributed by atoms with E-state index in [1.54, 1.807) is 13.2 Å². The molecule has 2 nitrogen and oxygen atoms in total. The van der Waals surface area contributed by atoms with Gasteiger partial charge in [-0.3, -0.25) is 0 Å². The van der Waals surface area contributed by atoms with Gasteiger partial charge in [0.2, 0.25) is 0 Å². The van der Waals surface area contributed by atoms with Gasteiger partial charge in [-0.15, -0.1) is 0 Å². The average Bonchev–Trinajstić information content (AvgIpc) is 2.37. The molecule has 0 aromatic heterocycles.